The molecule has 2 aromatic heterocycles. The first-order chi connectivity index (χ1) is 7.52. The predicted octanol–water partition coefficient (Wildman–Crippen LogP) is -0.922. The van der Waals surface area contributed by atoms with Gasteiger partial charge in [0.1, 0.15) is 5.39 Å². The molecule has 84 valence electrons. The number of halogens is 1. The standard InChI is InChI=1S/C7H6FN5O3/c1-12-5-3(2-9-12)6(14)13(11-10-5)4(8)7(15)16/h2,4H,1H3,(H,15,16). The fraction of sp³-hybridized carbons (Fsp3) is 0.286. The van der Waals surface area contributed by atoms with Crippen molar-refractivity contribution in [3.63, 3.8) is 0 Å². The number of hydrogen-bond donors (Lipinski definition) is 1. The molecule has 1 atom stereocenters. The zero-order chi connectivity index (χ0) is 11.9. The molecular weight excluding hydrogens is 221 g/mol. The maximum Gasteiger partial charge on any atom is 0.361 e. The topological polar surface area (TPSA) is 103 Å². The average Bonchev–Trinajstić information content (AvgIpc) is 2.61. The number of hydrogen-bond acceptors (Lipinski definition) is 5. The van der Waals surface area contributed by atoms with Gasteiger partial charge in [0.2, 0.25) is 0 Å². The summed E-state index contributed by atoms with van der Waals surface area (Å²) in [5.41, 5.74) is -0.716. The summed E-state index contributed by atoms with van der Waals surface area (Å²) in [7, 11) is 1.53. The number of nitrogens with zero attached hydrogens (tertiary/aromatic N) is 5. The van der Waals surface area contributed by atoms with Crippen molar-refractivity contribution >= 4 is 17.0 Å². The number of fused-ring (bicyclic) bond motifs is 1. The number of carboxylic acids is 1. The fourth-order valence-corrected chi connectivity index (χ4v) is 1.21. The molecule has 0 aliphatic carbocycles. The summed E-state index contributed by atoms with van der Waals surface area (Å²) >= 11 is 0. The molecule has 1 N–H and O–H groups in total. The van der Waals surface area contributed by atoms with Gasteiger partial charge in [0.05, 0.1) is 6.20 Å². The monoisotopic (exact) mass is 227 g/mol. The van der Waals surface area contributed by atoms with Crippen LogP contribution in [0.4, 0.5) is 4.39 Å². The molecule has 2 heterocycles. The predicted molar refractivity (Wildman–Crippen MR) is 48.3 cm³/mol. The Balaban J connectivity index is 2.71. The molecule has 0 radical (unpaired) electrons. The molecule has 0 aromatic carbocycles. The van der Waals surface area contributed by atoms with E-state index in [2.05, 4.69) is 15.4 Å². The third-order valence-electron chi connectivity index (χ3n) is 2.00. The molecule has 0 aliphatic rings. The Labute approximate surface area is 86.9 Å². The molecule has 0 saturated carbocycles. The Morgan fingerprint density at radius 3 is 2.94 bits per heavy atom. The lowest BCUT2D eigenvalue weighted by molar-refractivity contribution is -0.147. The van der Waals surface area contributed by atoms with Crippen molar-refractivity contribution in [2.45, 2.75) is 6.30 Å². The van der Waals surface area contributed by atoms with Crippen LogP contribution in [0, 0.1) is 0 Å². The molecule has 2 rings (SSSR count). The van der Waals surface area contributed by atoms with Gasteiger partial charge in [-0.25, -0.2) is 13.9 Å². The largest absolute Gasteiger partial charge is 0.478 e. The number of aromatic nitrogens is 5. The van der Waals surface area contributed by atoms with Crippen LogP contribution in [0.3, 0.4) is 0 Å². The minimum Gasteiger partial charge on any atom is -0.478 e. The summed E-state index contributed by atoms with van der Waals surface area (Å²) in [5.74, 6) is -1.81. The number of carboxylic acid groups (broad SMARTS) is 1. The van der Waals surface area contributed by atoms with E-state index in [0.717, 1.165) is 0 Å². The van der Waals surface area contributed by atoms with Crippen LogP contribution in [-0.2, 0) is 11.8 Å². The number of alkyl halides is 1. The number of rotatable bonds is 2. The molecule has 8 nitrogen and oxygen atoms in total. The van der Waals surface area contributed by atoms with Crippen molar-refractivity contribution in [1.29, 1.82) is 0 Å². The first-order valence-corrected chi connectivity index (χ1v) is 4.16. The van der Waals surface area contributed by atoms with Gasteiger partial charge in [0.25, 0.3) is 11.9 Å². The summed E-state index contributed by atoms with van der Waals surface area (Å²) in [6.45, 7) is 0. The zero-order valence-corrected chi connectivity index (χ0v) is 8.03. The Kier molecular flexibility index (Phi) is 2.15. The van der Waals surface area contributed by atoms with Gasteiger partial charge in [-0.15, -0.1) is 5.10 Å². The lowest BCUT2D eigenvalue weighted by atomic mass is 10.4. The van der Waals surface area contributed by atoms with E-state index in [4.69, 9.17) is 5.11 Å². The van der Waals surface area contributed by atoms with Gasteiger partial charge in [0, 0.05) is 7.05 Å². The molecule has 16 heavy (non-hydrogen) atoms. The van der Waals surface area contributed by atoms with Crippen LogP contribution in [0.1, 0.15) is 6.30 Å². The van der Waals surface area contributed by atoms with Crippen molar-refractivity contribution in [3.8, 4) is 0 Å². The van der Waals surface area contributed by atoms with Gasteiger partial charge in [-0.05, 0) is 0 Å². The molecule has 0 fully saturated rings. The summed E-state index contributed by atoms with van der Waals surface area (Å²) in [6, 6.07) is 0. The highest BCUT2D eigenvalue weighted by Crippen LogP contribution is 2.06. The first kappa shape index (κ1) is 10.2. The molecule has 1 unspecified atom stereocenters. The number of aliphatic carboxylic acids is 1. The van der Waals surface area contributed by atoms with E-state index in [1.54, 1.807) is 0 Å². The molecule has 9 heteroatoms. The van der Waals surface area contributed by atoms with Crippen molar-refractivity contribution in [2.75, 3.05) is 0 Å². The number of carbonyl (C=O) groups is 1. The maximum atomic E-state index is 13.1. The highest BCUT2D eigenvalue weighted by atomic mass is 19.1. The minimum absolute atomic E-state index is 0.0152. The van der Waals surface area contributed by atoms with Crippen LogP contribution in [0.25, 0.3) is 11.0 Å². The normalized spacial score (nSPS) is 12.9. The minimum atomic E-state index is -2.55. The lowest BCUT2D eigenvalue weighted by Crippen LogP contribution is -2.30. The van der Waals surface area contributed by atoms with Gasteiger partial charge >= 0.3 is 5.97 Å². The van der Waals surface area contributed by atoms with Crippen molar-refractivity contribution in [3.05, 3.63) is 16.6 Å². The Morgan fingerprint density at radius 1 is 1.62 bits per heavy atom. The zero-order valence-electron chi connectivity index (χ0n) is 8.03. The van der Waals surface area contributed by atoms with E-state index in [1.165, 1.54) is 17.9 Å². The van der Waals surface area contributed by atoms with Crippen molar-refractivity contribution < 1.29 is 14.3 Å². The van der Waals surface area contributed by atoms with Gasteiger partial charge in [0.15, 0.2) is 5.65 Å². The van der Waals surface area contributed by atoms with Crippen LogP contribution >= 0.6 is 0 Å². The van der Waals surface area contributed by atoms with Gasteiger partial charge in [-0.1, -0.05) is 5.21 Å². The summed E-state index contributed by atoms with van der Waals surface area (Å²) in [5, 5.41) is 18.9. The highest BCUT2D eigenvalue weighted by Gasteiger charge is 2.22. The Morgan fingerprint density at radius 2 is 2.31 bits per heavy atom. The summed E-state index contributed by atoms with van der Waals surface area (Å²) < 4.78 is 14.5. The molecule has 0 amide bonds. The van der Waals surface area contributed by atoms with Crippen molar-refractivity contribution in [1.82, 2.24) is 24.8 Å². The quantitative estimate of drug-likeness (QED) is 0.711. The molecule has 0 saturated heterocycles. The Hall–Kier alpha value is -2.32. The Bertz CT molecular complexity index is 618. The van der Waals surface area contributed by atoms with Gasteiger partial charge in [-0.3, -0.25) is 4.79 Å². The molecular formula is C7H6FN5O3. The molecule has 0 spiro atoms. The SMILES string of the molecule is Cn1ncc2c(=O)n(C(F)C(=O)O)nnc21. The second kappa shape index (κ2) is 3.36. The van der Waals surface area contributed by atoms with E-state index >= 15 is 0 Å². The third kappa shape index (κ3) is 1.33. The van der Waals surface area contributed by atoms with Gasteiger partial charge in [-0.2, -0.15) is 9.78 Å². The van der Waals surface area contributed by atoms with Crippen LogP contribution in [0.5, 0.6) is 0 Å². The van der Waals surface area contributed by atoms with E-state index in [0.29, 0.717) is 0 Å². The summed E-state index contributed by atoms with van der Waals surface area (Å²) in [6.07, 6.45) is -1.37. The van der Waals surface area contributed by atoms with E-state index in [1.807, 2.05) is 0 Å². The van der Waals surface area contributed by atoms with Crippen LogP contribution in [0.2, 0.25) is 0 Å². The van der Waals surface area contributed by atoms with E-state index < -0.39 is 17.8 Å². The van der Waals surface area contributed by atoms with E-state index in [9.17, 15) is 14.0 Å². The summed E-state index contributed by atoms with van der Waals surface area (Å²) in [4.78, 5) is 22.0. The highest BCUT2D eigenvalue weighted by molar-refractivity contribution is 5.73. The third-order valence-corrected chi connectivity index (χ3v) is 2.00. The second-order valence-corrected chi connectivity index (χ2v) is 3.02. The molecule has 2 aromatic rings. The lowest BCUT2D eigenvalue weighted by Gasteiger charge is -2.03. The maximum absolute atomic E-state index is 13.1. The second-order valence-electron chi connectivity index (χ2n) is 3.02. The average molecular weight is 227 g/mol. The van der Waals surface area contributed by atoms with Crippen molar-refractivity contribution in [2.24, 2.45) is 7.05 Å². The van der Waals surface area contributed by atoms with Crippen LogP contribution in [-0.4, -0.2) is 35.9 Å². The first-order valence-electron chi connectivity index (χ1n) is 4.16. The molecule has 0 aliphatic heterocycles. The van der Waals surface area contributed by atoms with E-state index in [-0.39, 0.29) is 15.7 Å². The fourth-order valence-electron chi connectivity index (χ4n) is 1.21. The molecule has 0 bridgehead atoms. The smallest absolute Gasteiger partial charge is 0.361 e. The van der Waals surface area contributed by atoms with Gasteiger partial charge < -0.3 is 5.11 Å². The van der Waals surface area contributed by atoms with Crippen LogP contribution < -0.4 is 5.56 Å². The number of aryl methyl sites for hydroxylation is 1. The van der Waals surface area contributed by atoms with Crippen LogP contribution in [0.15, 0.2) is 11.0 Å².